The summed E-state index contributed by atoms with van der Waals surface area (Å²) in [6.07, 6.45) is 2.15. The Morgan fingerprint density at radius 3 is 1.77 bits per heavy atom. The maximum Gasteiger partial charge on any atom is 0.123 e. The van der Waals surface area contributed by atoms with Crippen molar-refractivity contribution in [2.75, 3.05) is 6.16 Å². The lowest BCUT2D eigenvalue weighted by Gasteiger charge is -2.45. The Bertz CT molecular complexity index is 1130. The van der Waals surface area contributed by atoms with E-state index in [2.05, 4.69) is 114 Å². The normalized spacial score (nSPS) is 22.8. The van der Waals surface area contributed by atoms with Gasteiger partial charge in [-0.15, -0.1) is 0 Å². The summed E-state index contributed by atoms with van der Waals surface area (Å²) in [6, 6.07) is 8.92. The molecule has 2 aromatic carbocycles. The summed E-state index contributed by atoms with van der Waals surface area (Å²) in [5.74, 6) is 0.467. The molecule has 3 heteroatoms. The zero-order chi connectivity index (χ0) is 26.7. The second-order valence-electron chi connectivity index (χ2n) is 13.9. The summed E-state index contributed by atoms with van der Waals surface area (Å²) in [5, 5.41) is 12.0. The highest BCUT2D eigenvalue weighted by Crippen LogP contribution is 2.68. The van der Waals surface area contributed by atoms with Crippen molar-refractivity contribution in [3.63, 3.8) is 0 Å². The lowest BCUT2D eigenvalue weighted by atomic mass is 9.60. The number of aryl methyl sites for hydroxylation is 4. The first-order valence-corrected chi connectivity index (χ1v) is 14.6. The molecule has 1 N–H and O–H groups in total. The molecule has 0 spiro atoms. The van der Waals surface area contributed by atoms with Crippen LogP contribution in [0.4, 0.5) is 5.69 Å². The van der Waals surface area contributed by atoms with Gasteiger partial charge in [-0.1, -0.05) is 106 Å². The second-order valence-corrected chi connectivity index (χ2v) is 16.9. The van der Waals surface area contributed by atoms with Crippen LogP contribution in [0.3, 0.4) is 0 Å². The number of hydrogen-bond acceptors (Lipinski definition) is 2. The largest absolute Gasteiger partial charge is 0.507 e. The summed E-state index contributed by atoms with van der Waals surface area (Å²) in [6.45, 7) is 29.4. The predicted octanol–water partition coefficient (Wildman–Crippen LogP) is 9.62. The van der Waals surface area contributed by atoms with Gasteiger partial charge in [0.2, 0.25) is 0 Å². The minimum Gasteiger partial charge on any atom is -0.507 e. The van der Waals surface area contributed by atoms with Crippen molar-refractivity contribution in [1.82, 2.24) is 0 Å². The van der Waals surface area contributed by atoms with Crippen molar-refractivity contribution in [3.05, 3.63) is 57.6 Å². The second kappa shape index (κ2) is 9.02. The van der Waals surface area contributed by atoms with Gasteiger partial charge in [0.25, 0.3) is 0 Å². The highest BCUT2D eigenvalue weighted by molar-refractivity contribution is 7.77. The lowest BCUT2D eigenvalue weighted by Crippen LogP contribution is -2.44. The number of phenolic OH excluding ortho intramolecular Hbond substituents is 1. The molecule has 1 aliphatic rings. The zero-order valence-corrected chi connectivity index (χ0v) is 25.5. The zero-order valence-electron chi connectivity index (χ0n) is 24.6. The third-order valence-electron chi connectivity index (χ3n) is 7.81. The smallest absolute Gasteiger partial charge is 0.123 e. The average Bonchev–Trinajstić information content (AvgIpc) is 3.05. The van der Waals surface area contributed by atoms with Gasteiger partial charge in [-0.3, -0.25) is 4.99 Å². The van der Waals surface area contributed by atoms with Crippen molar-refractivity contribution in [2.45, 2.75) is 112 Å². The maximum atomic E-state index is 11.9. The van der Waals surface area contributed by atoms with Crippen molar-refractivity contribution < 1.29 is 5.11 Å². The van der Waals surface area contributed by atoms with Crippen LogP contribution in [-0.4, -0.2) is 21.9 Å². The Balaban J connectivity index is 2.48. The first kappa shape index (κ1) is 27.9. The Labute approximate surface area is 216 Å². The highest BCUT2D eigenvalue weighted by atomic mass is 31.1. The molecular formula is C32H48NOP. The molecule has 0 aromatic heterocycles. The van der Waals surface area contributed by atoms with Crippen LogP contribution in [0.25, 0.3) is 0 Å². The van der Waals surface area contributed by atoms with Crippen LogP contribution in [0.5, 0.6) is 5.75 Å². The van der Waals surface area contributed by atoms with E-state index in [0.717, 1.165) is 29.4 Å². The molecule has 3 rings (SSSR count). The van der Waals surface area contributed by atoms with E-state index in [0.29, 0.717) is 5.75 Å². The molecule has 1 aliphatic heterocycles. The third-order valence-corrected chi connectivity index (χ3v) is 11.1. The fourth-order valence-electron chi connectivity index (χ4n) is 6.04. The number of hydrogen-bond donors (Lipinski definition) is 1. The third kappa shape index (κ3) is 4.98. The molecule has 0 aliphatic carbocycles. The first-order valence-electron chi connectivity index (χ1n) is 13.1. The van der Waals surface area contributed by atoms with Crippen LogP contribution in [0.2, 0.25) is 0 Å². The molecule has 2 nitrogen and oxygen atoms in total. The van der Waals surface area contributed by atoms with E-state index in [-0.39, 0.29) is 21.4 Å². The van der Waals surface area contributed by atoms with Gasteiger partial charge in [-0.05, 0) is 73.0 Å². The van der Waals surface area contributed by atoms with E-state index >= 15 is 0 Å². The highest BCUT2D eigenvalue weighted by Gasteiger charge is 2.57. The van der Waals surface area contributed by atoms with E-state index in [9.17, 15) is 5.11 Å². The van der Waals surface area contributed by atoms with E-state index in [1.165, 1.54) is 27.7 Å². The Morgan fingerprint density at radius 2 is 1.31 bits per heavy atom. The summed E-state index contributed by atoms with van der Waals surface area (Å²) >= 11 is 0. The van der Waals surface area contributed by atoms with Crippen LogP contribution >= 0.6 is 7.92 Å². The minimum absolute atomic E-state index is 0.110. The van der Waals surface area contributed by atoms with Crippen molar-refractivity contribution >= 4 is 19.1 Å². The van der Waals surface area contributed by atoms with E-state index in [1.54, 1.807) is 0 Å². The van der Waals surface area contributed by atoms with Gasteiger partial charge in [0, 0.05) is 11.0 Å². The van der Waals surface area contributed by atoms with Crippen LogP contribution in [0, 0.1) is 33.1 Å². The van der Waals surface area contributed by atoms with Gasteiger partial charge in [0.15, 0.2) is 0 Å². The molecule has 0 saturated carbocycles. The van der Waals surface area contributed by atoms with Crippen molar-refractivity contribution in [1.29, 1.82) is 0 Å². The van der Waals surface area contributed by atoms with E-state index in [1.807, 2.05) is 0 Å². The van der Waals surface area contributed by atoms with Gasteiger partial charge in [-0.2, -0.15) is 0 Å². The molecule has 35 heavy (non-hydrogen) atoms. The number of rotatable bonds is 2. The van der Waals surface area contributed by atoms with Gasteiger partial charge >= 0.3 is 0 Å². The number of benzene rings is 2. The molecular weight excluding hydrogens is 445 g/mol. The standard InChI is InChI=1S/C32H48NOP/c1-20-16-22(3)26(23(4)17-20)33-28-32(30(8,9)10,14-15-35(28)31(11,12)13)25-19-21(2)18-24(27(25)34)29(5,6)7/h16-19,34H,14-15H2,1-13H3. The fourth-order valence-corrected chi connectivity index (χ4v) is 9.36. The van der Waals surface area contributed by atoms with E-state index < -0.39 is 7.92 Å². The molecule has 0 amide bonds. The van der Waals surface area contributed by atoms with Crippen LogP contribution in [0.15, 0.2) is 29.3 Å². The summed E-state index contributed by atoms with van der Waals surface area (Å²) in [5.41, 5.74) is 8.91. The van der Waals surface area contributed by atoms with Crippen molar-refractivity contribution in [3.8, 4) is 5.75 Å². The molecule has 1 heterocycles. The quantitative estimate of drug-likeness (QED) is 0.415. The number of aromatic hydroxyl groups is 1. The summed E-state index contributed by atoms with van der Waals surface area (Å²) in [7, 11) is -0.502. The maximum absolute atomic E-state index is 11.9. The molecule has 2 aromatic rings. The SMILES string of the molecule is Cc1cc(C)c(N=C2P(C(C)(C)C)CCC2(c2cc(C)cc(C(C)(C)C)c2O)C(C)(C)C)c(C)c1. The van der Waals surface area contributed by atoms with Crippen LogP contribution < -0.4 is 0 Å². The molecule has 2 unspecified atom stereocenters. The van der Waals surface area contributed by atoms with Crippen molar-refractivity contribution in [2.24, 2.45) is 10.4 Å². The Kier molecular flexibility index (Phi) is 7.20. The number of nitrogens with zero attached hydrogens (tertiary/aromatic N) is 1. The number of aliphatic imine (C=N–C) groups is 1. The summed E-state index contributed by atoms with van der Waals surface area (Å²) < 4.78 is 0. The van der Waals surface area contributed by atoms with Gasteiger partial charge in [-0.25, -0.2) is 0 Å². The fraction of sp³-hybridized carbons (Fsp3) is 0.594. The topological polar surface area (TPSA) is 32.6 Å². The Hall–Kier alpha value is -1.66. The monoisotopic (exact) mass is 493 g/mol. The summed E-state index contributed by atoms with van der Waals surface area (Å²) in [4.78, 5) is 5.64. The van der Waals surface area contributed by atoms with Gasteiger partial charge < -0.3 is 5.11 Å². The molecule has 1 fully saturated rings. The van der Waals surface area contributed by atoms with E-state index in [4.69, 9.17) is 4.99 Å². The molecule has 2 atom stereocenters. The molecule has 0 bridgehead atoms. The average molecular weight is 494 g/mol. The molecule has 192 valence electrons. The van der Waals surface area contributed by atoms with Gasteiger partial charge in [0.05, 0.1) is 11.1 Å². The lowest BCUT2D eigenvalue weighted by molar-refractivity contribution is 0.252. The molecule has 0 radical (unpaired) electrons. The first-order chi connectivity index (χ1) is 15.8. The number of phenols is 1. The van der Waals surface area contributed by atoms with Crippen LogP contribution in [-0.2, 0) is 10.8 Å². The Morgan fingerprint density at radius 1 is 0.800 bits per heavy atom. The molecule has 1 saturated heterocycles. The minimum atomic E-state index is -0.502. The van der Waals surface area contributed by atoms with Gasteiger partial charge in [0.1, 0.15) is 5.75 Å². The van der Waals surface area contributed by atoms with Crippen LogP contribution in [0.1, 0.15) is 102 Å². The predicted molar refractivity (Wildman–Crippen MR) is 157 cm³/mol.